The molecule has 5 heteroatoms. The fourth-order valence-electron chi connectivity index (χ4n) is 4.85. The van der Waals surface area contributed by atoms with Crippen molar-refractivity contribution in [3.8, 4) is 0 Å². The number of aryl methyl sites for hydroxylation is 1. The summed E-state index contributed by atoms with van der Waals surface area (Å²) in [6, 6.07) is 17.2. The lowest BCUT2D eigenvalue weighted by atomic mass is 10.0. The summed E-state index contributed by atoms with van der Waals surface area (Å²) in [7, 11) is 0. The van der Waals surface area contributed by atoms with Gasteiger partial charge in [-0.25, -0.2) is 0 Å². The van der Waals surface area contributed by atoms with Crippen LogP contribution in [0.15, 0.2) is 64.2 Å². The Bertz CT molecular complexity index is 1590. The van der Waals surface area contributed by atoms with Crippen molar-refractivity contribution < 1.29 is 0 Å². The number of nitrogens with one attached hydrogen (secondary N) is 1. The lowest BCUT2D eigenvalue weighted by molar-refractivity contribution is 0.811. The number of nitrogens with zero attached hydrogens (tertiary/aromatic N) is 2. The molecule has 0 saturated carbocycles. The van der Waals surface area contributed by atoms with Crippen LogP contribution in [0, 0.1) is 0 Å². The fraction of sp³-hybridized carbons (Fsp3) is 0.231. The highest BCUT2D eigenvalue weighted by atomic mass is 16.1. The molecule has 2 aromatic heterocycles. The first kappa shape index (κ1) is 19.4. The van der Waals surface area contributed by atoms with Gasteiger partial charge in [-0.1, -0.05) is 24.3 Å². The van der Waals surface area contributed by atoms with E-state index in [4.69, 9.17) is 0 Å². The molecule has 2 heterocycles. The van der Waals surface area contributed by atoms with Crippen LogP contribution in [0.1, 0.15) is 20.8 Å². The van der Waals surface area contributed by atoms with Crippen molar-refractivity contribution in [1.82, 2.24) is 9.55 Å². The lowest BCUT2D eigenvalue weighted by Crippen LogP contribution is -2.26. The number of para-hydroxylation sites is 2. The second kappa shape index (κ2) is 7.27. The maximum Gasteiger partial charge on any atom is 0.199 e. The Morgan fingerprint density at radius 3 is 2.19 bits per heavy atom. The Kier molecular flexibility index (Phi) is 4.54. The zero-order valence-electron chi connectivity index (χ0n) is 18.0. The van der Waals surface area contributed by atoms with Gasteiger partial charge in [0, 0.05) is 35.9 Å². The number of aromatic amines is 1. The van der Waals surface area contributed by atoms with E-state index >= 15 is 0 Å². The maximum absolute atomic E-state index is 13.7. The third kappa shape index (κ3) is 2.69. The first-order valence-corrected chi connectivity index (χ1v) is 10.9. The number of aromatic nitrogens is 2. The summed E-state index contributed by atoms with van der Waals surface area (Å²) in [4.78, 5) is 32.9. The minimum absolute atomic E-state index is 0.000358. The van der Waals surface area contributed by atoms with Crippen molar-refractivity contribution >= 4 is 49.3 Å². The van der Waals surface area contributed by atoms with Crippen molar-refractivity contribution in [2.75, 3.05) is 18.0 Å². The summed E-state index contributed by atoms with van der Waals surface area (Å²) in [5.74, 6) is 0. The Labute approximate surface area is 179 Å². The number of hydrogen-bond acceptors (Lipinski definition) is 3. The summed E-state index contributed by atoms with van der Waals surface area (Å²) >= 11 is 0. The molecule has 0 spiro atoms. The molecule has 0 atom stereocenters. The Morgan fingerprint density at radius 2 is 1.48 bits per heavy atom. The lowest BCUT2D eigenvalue weighted by Gasteiger charge is -2.27. The molecule has 0 fully saturated rings. The molecular weight excluding hydrogens is 386 g/mol. The van der Waals surface area contributed by atoms with Crippen molar-refractivity contribution in [2.24, 2.45) is 0 Å². The van der Waals surface area contributed by atoms with Crippen LogP contribution in [0.4, 0.5) is 5.69 Å². The molecule has 5 nitrogen and oxygen atoms in total. The van der Waals surface area contributed by atoms with Crippen LogP contribution in [0.25, 0.3) is 43.6 Å². The summed E-state index contributed by atoms with van der Waals surface area (Å²) in [6.45, 7) is 8.42. The van der Waals surface area contributed by atoms with Gasteiger partial charge >= 0.3 is 0 Å². The third-order valence-corrected chi connectivity index (χ3v) is 6.29. The van der Waals surface area contributed by atoms with Gasteiger partial charge in [0.15, 0.2) is 10.9 Å². The molecule has 0 aliphatic heterocycles. The number of anilines is 1. The van der Waals surface area contributed by atoms with Crippen molar-refractivity contribution in [2.45, 2.75) is 27.3 Å². The fourth-order valence-corrected chi connectivity index (χ4v) is 4.85. The average Bonchev–Trinajstić information content (AvgIpc) is 2.80. The highest BCUT2D eigenvalue weighted by Gasteiger charge is 2.22. The van der Waals surface area contributed by atoms with E-state index in [0.29, 0.717) is 33.6 Å². The number of pyridine rings is 2. The number of benzene rings is 3. The van der Waals surface area contributed by atoms with Crippen LogP contribution >= 0.6 is 0 Å². The number of fused-ring (bicyclic) bond motifs is 4. The molecule has 31 heavy (non-hydrogen) atoms. The Morgan fingerprint density at radius 1 is 0.806 bits per heavy atom. The number of hydrogen-bond donors (Lipinski definition) is 1. The summed E-state index contributed by atoms with van der Waals surface area (Å²) in [5.41, 5.74) is 4.05. The molecule has 0 saturated heterocycles. The Balaban J connectivity index is 2.16. The molecule has 5 rings (SSSR count). The van der Waals surface area contributed by atoms with Gasteiger partial charge in [0.05, 0.1) is 33.0 Å². The van der Waals surface area contributed by atoms with E-state index in [1.165, 1.54) is 0 Å². The number of H-pyrrole nitrogens is 1. The molecule has 156 valence electrons. The van der Waals surface area contributed by atoms with Crippen LogP contribution in [-0.2, 0) is 6.54 Å². The van der Waals surface area contributed by atoms with E-state index in [0.717, 1.165) is 35.3 Å². The average molecular weight is 412 g/mol. The van der Waals surface area contributed by atoms with Crippen LogP contribution in [0.2, 0.25) is 0 Å². The van der Waals surface area contributed by atoms with Gasteiger partial charge in [-0.15, -0.1) is 0 Å². The zero-order chi connectivity index (χ0) is 21.7. The minimum atomic E-state index is -0.00332. The Hall–Kier alpha value is -3.60. The highest BCUT2D eigenvalue weighted by molar-refractivity contribution is 6.13. The molecular formula is C26H25N3O2. The molecule has 0 aliphatic carbocycles. The summed E-state index contributed by atoms with van der Waals surface area (Å²) in [5, 5.41) is 2.64. The van der Waals surface area contributed by atoms with E-state index in [1.54, 1.807) is 0 Å². The van der Waals surface area contributed by atoms with Crippen LogP contribution in [0.3, 0.4) is 0 Å². The maximum atomic E-state index is 13.7. The second-order valence-corrected chi connectivity index (χ2v) is 7.81. The molecule has 5 aromatic rings. The normalized spacial score (nSPS) is 11.7. The molecule has 1 N–H and O–H groups in total. The predicted octanol–water partition coefficient (Wildman–Crippen LogP) is 5.02. The summed E-state index contributed by atoms with van der Waals surface area (Å²) < 4.78 is 2.17. The first-order valence-electron chi connectivity index (χ1n) is 10.9. The molecule has 0 aliphatic rings. The second-order valence-electron chi connectivity index (χ2n) is 7.81. The number of rotatable bonds is 4. The highest BCUT2D eigenvalue weighted by Crippen LogP contribution is 2.35. The molecule has 0 radical (unpaired) electrons. The minimum Gasteiger partial charge on any atom is -0.370 e. The van der Waals surface area contributed by atoms with Gasteiger partial charge in [0.2, 0.25) is 0 Å². The largest absolute Gasteiger partial charge is 0.370 e. The first-order chi connectivity index (χ1) is 15.1. The molecule has 0 bridgehead atoms. The SMILES string of the molecule is CCN(CC)c1c2c(=O)c3ccccc3[nH]c2cc2c(=O)c3ccccc3n(CC)c12. The van der Waals surface area contributed by atoms with Gasteiger partial charge in [-0.2, -0.15) is 0 Å². The van der Waals surface area contributed by atoms with E-state index in [9.17, 15) is 9.59 Å². The monoisotopic (exact) mass is 411 g/mol. The van der Waals surface area contributed by atoms with E-state index in [-0.39, 0.29) is 10.9 Å². The smallest absolute Gasteiger partial charge is 0.199 e. The topological polar surface area (TPSA) is 58.1 Å². The third-order valence-electron chi connectivity index (χ3n) is 6.29. The molecule has 0 amide bonds. The molecule has 3 aromatic carbocycles. The van der Waals surface area contributed by atoms with Gasteiger partial charge in [0.1, 0.15) is 0 Å². The molecule has 0 unspecified atom stereocenters. The van der Waals surface area contributed by atoms with Gasteiger partial charge in [-0.3, -0.25) is 9.59 Å². The van der Waals surface area contributed by atoms with Gasteiger partial charge < -0.3 is 14.5 Å². The van der Waals surface area contributed by atoms with Crippen molar-refractivity contribution in [1.29, 1.82) is 0 Å². The van der Waals surface area contributed by atoms with Crippen molar-refractivity contribution in [3.05, 3.63) is 75.0 Å². The zero-order valence-corrected chi connectivity index (χ0v) is 18.0. The van der Waals surface area contributed by atoms with Crippen molar-refractivity contribution in [3.63, 3.8) is 0 Å². The van der Waals surface area contributed by atoms with E-state index in [1.807, 2.05) is 54.6 Å². The quantitative estimate of drug-likeness (QED) is 0.423. The standard InChI is InChI=1S/C26H25N3O2/c1-4-28(5-2)24-22-20(27-19-13-9-7-11-16(19)26(22)31)15-18-23(24)29(6-3)21-14-10-8-12-17(21)25(18)30/h7-15H,4-6H2,1-3H3,(H,27,31). The predicted molar refractivity (Wildman–Crippen MR) is 131 cm³/mol. The van der Waals surface area contributed by atoms with Gasteiger partial charge in [0.25, 0.3) is 0 Å². The van der Waals surface area contributed by atoms with E-state index < -0.39 is 0 Å². The van der Waals surface area contributed by atoms with Crippen LogP contribution in [0.5, 0.6) is 0 Å². The van der Waals surface area contributed by atoms with Crippen LogP contribution in [-0.4, -0.2) is 22.6 Å². The van der Waals surface area contributed by atoms with Crippen LogP contribution < -0.4 is 15.8 Å². The summed E-state index contributed by atoms with van der Waals surface area (Å²) in [6.07, 6.45) is 0. The van der Waals surface area contributed by atoms with Gasteiger partial charge in [-0.05, 0) is 51.1 Å². The van der Waals surface area contributed by atoms with E-state index in [2.05, 4.69) is 35.2 Å².